The fourth-order valence-electron chi connectivity index (χ4n) is 2.62. The first-order valence-corrected chi connectivity index (χ1v) is 9.61. The molecular formula is C24H20ClNO5. The van der Waals surface area contributed by atoms with Crippen LogP contribution in [0.25, 0.3) is 6.08 Å². The second-order valence-corrected chi connectivity index (χ2v) is 6.74. The highest BCUT2D eigenvalue weighted by Gasteiger charge is 2.14. The number of hydrogen-bond acceptors (Lipinski definition) is 6. The largest absolute Gasteiger partial charge is 0.508 e. The number of carbonyl (C=O) groups is 1. The van der Waals surface area contributed by atoms with Gasteiger partial charge in [0.05, 0.1) is 24.9 Å². The van der Waals surface area contributed by atoms with Gasteiger partial charge in [0.2, 0.25) is 0 Å². The van der Waals surface area contributed by atoms with Gasteiger partial charge in [-0.25, -0.2) is 4.79 Å². The Morgan fingerprint density at radius 2 is 1.68 bits per heavy atom. The van der Waals surface area contributed by atoms with Gasteiger partial charge in [0.15, 0.2) is 11.5 Å². The molecule has 0 saturated carbocycles. The predicted octanol–water partition coefficient (Wildman–Crippen LogP) is 5.43. The molecular weight excluding hydrogens is 418 g/mol. The molecule has 3 aromatic rings. The number of phenols is 1. The van der Waals surface area contributed by atoms with Gasteiger partial charge in [-0.2, -0.15) is 0 Å². The fourth-order valence-corrected chi connectivity index (χ4v) is 2.87. The van der Waals surface area contributed by atoms with Crippen LogP contribution in [0.3, 0.4) is 0 Å². The first-order valence-electron chi connectivity index (χ1n) is 9.23. The maximum absolute atomic E-state index is 12.3. The van der Waals surface area contributed by atoms with Gasteiger partial charge < -0.3 is 19.3 Å². The average molecular weight is 438 g/mol. The highest BCUT2D eigenvalue weighted by atomic mass is 35.5. The summed E-state index contributed by atoms with van der Waals surface area (Å²) in [6.07, 6.45) is 4.52. The molecule has 0 aromatic heterocycles. The lowest BCUT2D eigenvalue weighted by atomic mass is 10.2. The van der Waals surface area contributed by atoms with Crippen LogP contribution in [0, 0.1) is 0 Å². The molecule has 3 rings (SSSR count). The number of rotatable bonds is 7. The summed E-state index contributed by atoms with van der Waals surface area (Å²) in [4.78, 5) is 16.6. The van der Waals surface area contributed by atoms with Gasteiger partial charge in [0, 0.05) is 12.3 Å². The molecule has 0 bridgehead atoms. The minimum atomic E-state index is -0.596. The molecule has 0 aliphatic rings. The molecule has 0 saturated heterocycles. The van der Waals surface area contributed by atoms with E-state index in [4.69, 9.17) is 25.8 Å². The van der Waals surface area contributed by atoms with Crippen molar-refractivity contribution in [3.8, 4) is 23.0 Å². The van der Waals surface area contributed by atoms with Crippen molar-refractivity contribution in [1.29, 1.82) is 0 Å². The third-order valence-corrected chi connectivity index (χ3v) is 4.48. The van der Waals surface area contributed by atoms with E-state index in [-0.39, 0.29) is 16.5 Å². The van der Waals surface area contributed by atoms with E-state index in [0.29, 0.717) is 17.0 Å². The molecule has 0 fully saturated rings. The van der Waals surface area contributed by atoms with E-state index in [0.717, 1.165) is 11.3 Å². The SMILES string of the molecule is COc1ccc(C=CC(=O)Oc2c(Cl)cc(C=Nc3ccc(O)cc3)cc2OC)cc1. The van der Waals surface area contributed by atoms with E-state index in [1.807, 2.05) is 12.1 Å². The molecule has 0 aliphatic carbocycles. The van der Waals surface area contributed by atoms with Crippen LogP contribution in [0.1, 0.15) is 11.1 Å². The topological polar surface area (TPSA) is 77.4 Å². The minimum Gasteiger partial charge on any atom is -0.508 e. The first kappa shape index (κ1) is 21.9. The molecule has 7 heteroatoms. The summed E-state index contributed by atoms with van der Waals surface area (Å²) in [5, 5.41) is 9.54. The van der Waals surface area contributed by atoms with Gasteiger partial charge in [0.25, 0.3) is 0 Å². The third kappa shape index (κ3) is 6.10. The van der Waals surface area contributed by atoms with E-state index in [2.05, 4.69) is 4.99 Å². The molecule has 0 amide bonds. The van der Waals surface area contributed by atoms with Gasteiger partial charge in [-0.15, -0.1) is 0 Å². The van der Waals surface area contributed by atoms with Crippen LogP contribution in [0.5, 0.6) is 23.0 Å². The summed E-state index contributed by atoms with van der Waals surface area (Å²) < 4.78 is 15.8. The lowest BCUT2D eigenvalue weighted by Crippen LogP contribution is -2.06. The summed E-state index contributed by atoms with van der Waals surface area (Å²) >= 11 is 6.32. The Kier molecular flexibility index (Phi) is 7.30. The second-order valence-electron chi connectivity index (χ2n) is 6.34. The third-order valence-electron chi connectivity index (χ3n) is 4.19. The number of benzene rings is 3. The van der Waals surface area contributed by atoms with Crippen molar-refractivity contribution < 1.29 is 24.1 Å². The van der Waals surface area contributed by atoms with Crippen LogP contribution in [0.4, 0.5) is 5.69 Å². The Morgan fingerprint density at radius 1 is 0.968 bits per heavy atom. The molecule has 0 spiro atoms. The first-order chi connectivity index (χ1) is 15.0. The maximum atomic E-state index is 12.3. The Bertz CT molecular complexity index is 1110. The van der Waals surface area contributed by atoms with Gasteiger partial charge >= 0.3 is 5.97 Å². The number of hydrogen-bond donors (Lipinski definition) is 1. The van der Waals surface area contributed by atoms with Crippen LogP contribution in [-0.2, 0) is 4.79 Å². The van der Waals surface area contributed by atoms with E-state index in [1.54, 1.807) is 67.9 Å². The van der Waals surface area contributed by atoms with Crippen molar-refractivity contribution in [2.45, 2.75) is 0 Å². The molecule has 0 radical (unpaired) electrons. The zero-order valence-corrected chi connectivity index (χ0v) is 17.7. The standard InChI is InChI=1S/C24H20ClNO5/c1-29-20-10-3-16(4-11-20)5-12-23(28)31-24-21(25)13-17(14-22(24)30-2)15-26-18-6-8-19(27)9-7-18/h3-15,27H,1-2H3. The van der Waals surface area contributed by atoms with Gasteiger partial charge in [-0.3, -0.25) is 4.99 Å². The minimum absolute atomic E-state index is 0.121. The summed E-state index contributed by atoms with van der Waals surface area (Å²) in [7, 11) is 3.04. The summed E-state index contributed by atoms with van der Waals surface area (Å²) in [6.45, 7) is 0. The molecule has 0 heterocycles. The molecule has 0 unspecified atom stereocenters. The van der Waals surface area contributed by atoms with Crippen molar-refractivity contribution in [3.05, 3.63) is 82.9 Å². The lowest BCUT2D eigenvalue weighted by Gasteiger charge is -2.11. The highest BCUT2D eigenvalue weighted by Crippen LogP contribution is 2.36. The van der Waals surface area contributed by atoms with Gasteiger partial charge in [-0.1, -0.05) is 23.7 Å². The zero-order chi connectivity index (χ0) is 22.2. The lowest BCUT2D eigenvalue weighted by molar-refractivity contribution is -0.129. The van der Waals surface area contributed by atoms with Crippen molar-refractivity contribution in [3.63, 3.8) is 0 Å². The van der Waals surface area contributed by atoms with E-state index >= 15 is 0 Å². The summed E-state index contributed by atoms with van der Waals surface area (Å²) in [5.74, 6) is 0.712. The molecule has 31 heavy (non-hydrogen) atoms. The number of halogens is 1. The number of esters is 1. The number of aromatic hydroxyl groups is 1. The van der Waals surface area contributed by atoms with Crippen molar-refractivity contribution in [1.82, 2.24) is 0 Å². The molecule has 0 aliphatic heterocycles. The number of carbonyl (C=O) groups excluding carboxylic acids is 1. The maximum Gasteiger partial charge on any atom is 0.336 e. The van der Waals surface area contributed by atoms with Crippen LogP contribution in [-0.4, -0.2) is 31.5 Å². The predicted molar refractivity (Wildman–Crippen MR) is 121 cm³/mol. The summed E-state index contributed by atoms with van der Waals surface area (Å²) in [6, 6.07) is 16.9. The van der Waals surface area contributed by atoms with Crippen molar-refractivity contribution in [2.75, 3.05) is 14.2 Å². The smallest absolute Gasteiger partial charge is 0.336 e. The Labute approximate surface area is 185 Å². The van der Waals surface area contributed by atoms with Gasteiger partial charge in [0.1, 0.15) is 11.5 Å². The normalized spacial score (nSPS) is 11.1. The number of ether oxygens (including phenoxy) is 3. The molecule has 6 nitrogen and oxygen atoms in total. The van der Waals surface area contributed by atoms with Crippen molar-refractivity contribution in [2.24, 2.45) is 4.99 Å². The number of methoxy groups -OCH3 is 2. The van der Waals surface area contributed by atoms with Gasteiger partial charge in [-0.05, 0) is 65.7 Å². The summed E-state index contributed by atoms with van der Waals surface area (Å²) in [5.41, 5.74) is 2.13. The number of phenolic OH excluding ortho intramolecular Hbond substituents is 1. The second kappa shape index (κ2) is 10.3. The number of aliphatic imine (C=N–C) groups is 1. The highest BCUT2D eigenvalue weighted by molar-refractivity contribution is 6.32. The Morgan fingerprint density at radius 3 is 2.32 bits per heavy atom. The van der Waals surface area contributed by atoms with Crippen molar-refractivity contribution >= 4 is 35.5 Å². The molecule has 1 N–H and O–H groups in total. The Balaban J connectivity index is 1.73. The molecule has 3 aromatic carbocycles. The monoisotopic (exact) mass is 437 g/mol. The average Bonchev–Trinajstić information content (AvgIpc) is 2.79. The van der Waals surface area contributed by atoms with E-state index < -0.39 is 5.97 Å². The van der Waals surface area contributed by atoms with E-state index in [1.165, 1.54) is 13.2 Å². The Hall–Kier alpha value is -3.77. The molecule has 158 valence electrons. The zero-order valence-electron chi connectivity index (χ0n) is 16.9. The quantitative estimate of drug-likeness (QED) is 0.231. The van der Waals surface area contributed by atoms with Crippen LogP contribution >= 0.6 is 11.6 Å². The molecule has 0 atom stereocenters. The van der Waals surface area contributed by atoms with E-state index in [9.17, 15) is 9.90 Å². The van der Waals surface area contributed by atoms with Crippen LogP contribution < -0.4 is 14.2 Å². The fraction of sp³-hybridized carbons (Fsp3) is 0.0833. The van der Waals surface area contributed by atoms with Crippen LogP contribution in [0.2, 0.25) is 5.02 Å². The number of nitrogens with zero attached hydrogens (tertiary/aromatic N) is 1. The van der Waals surface area contributed by atoms with Crippen LogP contribution in [0.15, 0.2) is 71.7 Å².